The highest BCUT2D eigenvalue weighted by Gasteiger charge is 2.46. The van der Waals surface area contributed by atoms with Crippen molar-refractivity contribution in [2.45, 2.75) is 26.1 Å². The van der Waals surface area contributed by atoms with Gasteiger partial charge in [0, 0.05) is 11.1 Å². The number of hydrogen-bond acceptors (Lipinski definition) is 3. The number of ether oxygens (including phenoxy) is 1. The topological polar surface area (TPSA) is 49.4 Å². The molecule has 3 nitrogen and oxygen atoms in total. The van der Waals surface area contributed by atoms with E-state index in [9.17, 15) is 23.1 Å². The minimum Gasteiger partial charge on any atom is -0.545 e. The van der Waals surface area contributed by atoms with Crippen LogP contribution in [0, 0.1) is 13.8 Å². The molecule has 1 aromatic carbocycles. The normalized spacial score (nSPS) is 18.4. The van der Waals surface area contributed by atoms with Gasteiger partial charge < -0.3 is 14.6 Å². The summed E-state index contributed by atoms with van der Waals surface area (Å²) >= 11 is 0. The van der Waals surface area contributed by atoms with Crippen LogP contribution in [0.2, 0.25) is 0 Å². The zero-order valence-corrected chi connectivity index (χ0v) is 10.2. The van der Waals surface area contributed by atoms with Crippen molar-refractivity contribution in [3.05, 3.63) is 34.4 Å². The molecule has 1 atom stereocenters. The summed E-state index contributed by atoms with van der Waals surface area (Å²) in [6, 6.07) is 3.18. The maximum atomic E-state index is 12.8. The SMILES string of the molecule is Cc1cc(C)c2c(c1)OC(C(F)(F)F)C(C(=O)[O-])=C2. The number of aryl methyl sites for hydroxylation is 2. The highest BCUT2D eigenvalue weighted by molar-refractivity contribution is 5.94. The van der Waals surface area contributed by atoms with E-state index in [-0.39, 0.29) is 5.75 Å². The molecule has 0 aliphatic carbocycles. The Morgan fingerprint density at radius 2 is 1.95 bits per heavy atom. The van der Waals surface area contributed by atoms with Gasteiger partial charge in [-0.2, -0.15) is 13.2 Å². The summed E-state index contributed by atoms with van der Waals surface area (Å²) in [6.45, 7) is 3.39. The van der Waals surface area contributed by atoms with E-state index in [1.165, 1.54) is 6.07 Å². The quantitative estimate of drug-likeness (QED) is 0.782. The Balaban J connectivity index is 2.61. The Morgan fingerprint density at radius 3 is 2.47 bits per heavy atom. The molecule has 1 aromatic rings. The van der Waals surface area contributed by atoms with Crippen LogP contribution in [-0.2, 0) is 4.79 Å². The van der Waals surface area contributed by atoms with Gasteiger partial charge in [-0.25, -0.2) is 0 Å². The first-order valence-electron chi connectivity index (χ1n) is 5.47. The number of carboxylic acids is 1. The van der Waals surface area contributed by atoms with E-state index >= 15 is 0 Å². The number of rotatable bonds is 1. The van der Waals surface area contributed by atoms with Gasteiger partial charge in [-0.05, 0) is 37.1 Å². The van der Waals surface area contributed by atoms with Crippen LogP contribution in [0.3, 0.4) is 0 Å². The van der Waals surface area contributed by atoms with Gasteiger partial charge in [0.1, 0.15) is 5.75 Å². The summed E-state index contributed by atoms with van der Waals surface area (Å²) in [7, 11) is 0. The molecule has 0 amide bonds. The fourth-order valence-corrected chi connectivity index (χ4v) is 2.05. The van der Waals surface area contributed by atoms with Gasteiger partial charge in [0.25, 0.3) is 0 Å². The standard InChI is InChI=1S/C13H11F3O3/c1-6-3-7(2)8-5-9(12(17)18)11(13(14,15)16)19-10(8)4-6/h3-5,11H,1-2H3,(H,17,18)/p-1. The summed E-state index contributed by atoms with van der Waals surface area (Å²) in [5.41, 5.74) is 0.814. The third kappa shape index (κ3) is 2.43. The van der Waals surface area contributed by atoms with E-state index in [0.29, 0.717) is 11.1 Å². The van der Waals surface area contributed by atoms with Crippen LogP contribution in [0.15, 0.2) is 17.7 Å². The van der Waals surface area contributed by atoms with Crippen molar-refractivity contribution < 1.29 is 27.8 Å². The van der Waals surface area contributed by atoms with Crippen molar-refractivity contribution in [3.63, 3.8) is 0 Å². The lowest BCUT2D eigenvalue weighted by molar-refractivity contribution is -0.302. The lowest BCUT2D eigenvalue weighted by atomic mass is 9.96. The fourth-order valence-electron chi connectivity index (χ4n) is 2.05. The van der Waals surface area contributed by atoms with Gasteiger partial charge in [-0.1, -0.05) is 6.07 Å². The van der Waals surface area contributed by atoms with Crippen molar-refractivity contribution in [3.8, 4) is 5.75 Å². The summed E-state index contributed by atoms with van der Waals surface area (Å²) in [5.74, 6) is -1.85. The smallest absolute Gasteiger partial charge is 0.429 e. The predicted octanol–water partition coefficient (Wildman–Crippen LogP) is 1.76. The average molecular weight is 271 g/mol. The van der Waals surface area contributed by atoms with Crippen LogP contribution < -0.4 is 9.84 Å². The van der Waals surface area contributed by atoms with Gasteiger partial charge in [0.2, 0.25) is 6.10 Å². The molecule has 0 saturated heterocycles. The van der Waals surface area contributed by atoms with Crippen molar-refractivity contribution in [1.29, 1.82) is 0 Å². The maximum absolute atomic E-state index is 12.8. The zero-order chi connectivity index (χ0) is 14.4. The number of benzene rings is 1. The Labute approximate surface area is 107 Å². The number of aliphatic carboxylic acids is 1. The molecule has 0 radical (unpaired) electrons. The summed E-state index contributed by atoms with van der Waals surface area (Å²) in [4.78, 5) is 10.8. The second-order valence-electron chi connectivity index (χ2n) is 4.42. The molecule has 0 saturated carbocycles. The number of fused-ring (bicyclic) bond motifs is 1. The minimum absolute atomic E-state index is 0.0322. The summed E-state index contributed by atoms with van der Waals surface area (Å²) in [5, 5.41) is 10.8. The third-order valence-corrected chi connectivity index (χ3v) is 2.85. The van der Waals surface area contributed by atoms with Crippen LogP contribution in [0.5, 0.6) is 5.75 Å². The van der Waals surface area contributed by atoms with Crippen LogP contribution in [0.4, 0.5) is 13.2 Å². The Morgan fingerprint density at radius 1 is 1.32 bits per heavy atom. The largest absolute Gasteiger partial charge is 0.545 e. The van der Waals surface area contributed by atoms with E-state index in [1.807, 2.05) is 0 Å². The van der Waals surface area contributed by atoms with Crippen LogP contribution in [0.25, 0.3) is 6.08 Å². The Bertz CT molecular complexity index is 573. The molecule has 0 aromatic heterocycles. The van der Waals surface area contributed by atoms with Gasteiger partial charge in [-0.3, -0.25) is 0 Å². The van der Waals surface area contributed by atoms with Gasteiger partial charge in [0.05, 0.1) is 5.97 Å². The molecule has 1 aliphatic heterocycles. The molecule has 19 heavy (non-hydrogen) atoms. The Hall–Kier alpha value is -1.98. The van der Waals surface area contributed by atoms with E-state index in [4.69, 9.17) is 4.74 Å². The highest BCUT2D eigenvalue weighted by Crippen LogP contribution is 2.38. The van der Waals surface area contributed by atoms with Crippen molar-refractivity contribution in [1.82, 2.24) is 0 Å². The molecule has 0 N–H and O–H groups in total. The van der Waals surface area contributed by atoms with Gasteiger partial charge >= 0.3 is 6.18 Å². The first-order chi connectivity index (χ1) is 8.70. The molecular formula is C13H10F3O3-. The molecule has 1 unspecified atom stereocenters. The first-order valence-corrected chi connectivity index (χ1v) is 5.47. The van der Waals surface area contributed by atoms with Gasteiger partial charge in [-0.15, -0.1) is 0 Å². The van der Waals surface area contributed by atoms with Crippen molar-refractivity contribution in [2.75, 3.05) is 0 Å². The van der Waals surface area contributed by atoms with Gasteiger partial charge in [0.15, 0.2) is 0 Å². The van der Waals surface area contributed by atoms with Crippen molar-refractivity contribution >= 4 is 12.0 Å². The average Bonchev–Trinajstić information content (AvgIpc) is 2.25. The maximum Gasteiger partial charge on any atom is 0.429 e. The third-order valence-electron chi connectivity index (χ3n) is 2.85. The molecule has 1 aliphatic rings. The molecule has 0 spiro atoms. The molecule has 1 heterocycles. The van der Waals surface area contributed by atoms with E-state index in [0.717, 1.165) is 11.6 Å². The van der Waals surface area contributed by atoms with Crippen LogP contribution in [-0.4, -0.2) is 18.2 Å². The number of carbonyl (C=O) groups excluding carboxylic acids is 1. The molecule has 2 rings (SSSR count). The number of hydrogen-bond donors (Lipinski definition) is 0. The highest BCUT2D eigenvalue weighted by atomic mass is 19.4. The number of carboxylic acid groups (broad SMARTS) is 1. The number of alkyl halides is 3. The predicted molar refractivity (Wildman–Crippen MR) is 59.4 cm³/mol. The zero-order valence-electron chi connectivity index (χ0n) is 10.2. The monoisotopic (exact) mass is 271 g/mol. The lowest BCUT2D eigenvalue weighted by Crippen LogP contribution is -2.44. The van der Waals surface area contributed by atoms with E-state index in [1.54, 1.807) is 19.9 Å². The summed E-state index contributed by atoms with van der Waals surface area (Å²) in [6.07, 6.45) is -6.33. The summed E-state index contributed by atoms with van der Waals surface area (Å²) < 4.78 is 43.2. The number of halogens is 3. The lowest BCUT2D eigenvalue weighted by Gasteiger charge is -2.30. The first kappa shape index (κ1) is 13.5. The van der Waals surface area contributed by atoms with Crippen LogP contribution >= 0.6 is 0 Å². The molecular weight excluding hydrogens is 261 g/mol. The van der Waals surface area contributed by atoms with E-state index < -0.39 is 23.8 Å². The molecule has 0 bridgehead atoms. The van der Waals surface area contributed by atoms with Crippen molar-refractivity contribution in [2.24, 2.45) is 0 Å². The molecule has 0 fully saturated rings. The second-order valence-corrected chi connectivity index (χ2v) is 4.42. The van der Waals surface area contributed by atoms with Crippen LogP contribution in [0.1, 0.15) is 16.7 Å². The fraction of sp³-hybridized carbons (Fsp3) is 0.308. The van der Waals surface area contributed by atoms with E-state index in [2.05, 4.69) is 0 Å². The minimum atomic E-state index is -4.80. The second kappa shape index (κ2) is 4.29. The molecule has 102 valence electrons. The number of carbonyl (C=O) groups is 1. The molecule has 6 heteroatoms. The Kier molecular flexibility index (Phi) is 3.04.